The Morgan fingerprint density at radius 2 is 1.62 bits per heavy atom. The van der Waals surface area contributed by atoms with Gasteiger partial charge in [-0.1, -0.05) is 85.8 Å². The highest BCUT2D eigenvalue weighted by molar-refractivity contribution is 5.66. The van der Waals surface area contributed by atoms with Crippen molar-refractivity contribution in [1.82, 2.24) is 0 Å². The van der Waals surface area contributed by atoms with Gasteiger partial charge >= 0.3 is 5.97 Å². The van der Waals surface area contributed by atoms with Gasteiger partial charge in [-0.3, -0.25) is 4.79 Å². The molecule has 7 unspecified atom stereocenters. The molecule has 0 aliphatic heterocycles. The number of hydrogen-bond donors (Lipinski definition) is 0. The maximum atomic E-state index is 11.8. The zero-order valence-corrected chi connectivity index (χ0v) is 24.0. The second-order valence-electron chi connectivity index (χ2n) is 14.6. The number of allylic oxidation sites excluding steroid dienone is 2. The minimum absolute atomic E-state index is 0.0436. The average molecular weight is 471 g/mol. The summed E-state index contributed by atoms with van der Waals surface area (Å²) in [5.41, 5.74) is 4.87. The predicted octanol–water partition coefficient (Wildman–Crippen LogP) is 9.13. The molecule has 2 saturated carbocycles. The van der Waals surface area contributed by atoms with E-state index >= 15 is 0 Å². The van der Waals surface area contributed by atoms with Crippen molar-refractivity contribution in [2.45, 2.75) is 139 Å². The molecule has 2 heteroatoms. The van der Waals surface area contributed by atoms with E-state index in [9.17, 15) is 4.79 Å². The van der Waals surface area contributed by atoms with Crippen LogP contribution in [0.5, 0.6) is 0 Å². The first-order valence-electron chi connectivity index (χ1n) is 14.7. The van der Waals surface area contributed by atoms with Gasteiger partial charge in [0.05, 0.1) is 0 Å². The fourth-order valence-electron chi connectivity index (χ4n) is 10.1. The Kier molecular flexibility index (Phi) is 6.92. The maximum Gasteiger partial charge on any atom is 0.302 e. The Balaban J connectivity index is 1.61. The van der Waals surface area contributed by atoms with Crippen molar-refractivity contribution >= 4 is 5.97 Å². The molecule has 0 amide bonds. The Labute approximate surface area is 211 Å². The van der Waals surface area contributed by atoms with Crippen molar-refractivity contribution in [2.24, 2.45) is 45.3 Å². The summed E-state index contributed by atoms with van der Waals surface area (Å²) >= 11 is 0. The van der Waals surface area contributed by atoms with Crippen molar-refractivity contribution in [3.05, 3.63) is 11.1 Å². The molecule has 0 spiro atoms. The van der Waals surface area contributed by atoms with Gasteiger partial charge in [0, 0.05) is 12.3 Å². The van der Waals surface area contributed by atoms with Crippen molar-refractivity contribution in [2.75, 3.05) is 0 Å². The van der Waals surface area contributed by atoms with Crippen LogP contribution in [-0.4, -0.2) is 12.1 Å². The van der Waals surface area contributed by atoms with Crippen molar-refractivity contribution in [3.63, 3.8) is 0 Å². The number of carbonyl (C=O) groups excluding carboxylic acids is 1. The number of esters is 1. The second kappa shape index (κ2) is 8.95. The van der Waals surface area contributed by atoms with Crippen LogP contribution in [-0.2, 0) is 9.53 Å². The molecule has 0 N–H and O–H groups in total. The molecule has 0 aromatic rings. The lowest BCUT2D eigenvalue weighted by Gasteiger charge is -2.62. The minimum Gasteiger partial charge on any atom is -0.462 e. The molecule has 0 bridgehead atoms. The summed E-state index contributed by atoms with van der Waals surface area (Å²) in [5.74, 6) is 3.04. The van der Waals surface area contributed by atoms with Gasteiger partial charge in [0.2, 0.25) is 0 Å². The van der Waals surface area contributed by atoms with Crippen molar-refractivity contribution < 1.29 is 9.53 Å². The molecule has 7 atom stereocenters. The second-order valence-corrected chi connectivity index (χ2v) is 14.6. The van der Waals surface area contributed by atoms with E-state index in [4.69, 9.17) is 4.74 Å². The zero-order chi connectivity index (χ0) is 25.1. The highest BCUT2D eigenvalue weighted by Crippen LogP contribution is 2.72. The Bertz CT molecular complexity index is 821. The number of hydrogen-bond acceptors (Lipinski definition) is 2. The molecule has 0 heterocycles. The summed E-state index contributed by atoms with van der Waals surface area (Å²) in [5, 5.41) is 0. The molecule has 194 valence electrons. The fraction of sp³-hybridized carbons (Fsp3) is 0.906. The maximum absolute atomic E-state index is 11.8. The quantitative estimate of drug-likeness (QED) is 0.286. The predicted molar refractivity (Wildman–Crippen MR) is 142 cm³/mol. The third-order valence-electron chi connectivity index (χ3n) is 12.2. The minimum atomic E-state index is -0.113. The van der Waals surface area contributed by atoms with Crippen LogP contribution < -0.4 is 0 Å². The highest BCUT2D eigenvalue weighted by Gasteiger charge is 2.63. The Morgan fingerprint density at radius 1 is 0.912 bits per heavy atom. The largest absolute Gasteiger partial charge is 0.462 e. The summed E-state index contributed by atoms with van der Waals surface area (Å²) in [6.07, 6.45) is 14.5. The van der Waals surface area contributed by atoms with Crippen LogP contribution in [0.2, 0.25) is 0 Å². The van der Waals surface area contributed by atoms with E-state index in [2.05, 4.69) is 55.4 Å². The molecule has 0 radical (unpaired) electrons. The summed E-state index contributed by atoms with van der Waals surface area (Å²) in [4.78, 5) is 11.8. The Hall–Kier alpha value is -0.790. The van der Waals surface area contributed by atoms with Gasteiger partial charge in [-0.25, -0.2) is 0 Å². The normalized spacial score (nSPS) is 42.1. The van der Waals surface area contributed by atoms with Crippen molar-refractivity contribution in [3.8, 4) is 0 Å². The number of fused-ring (bicyclic) bond motifs is 4. The van der Waals surface area contributed by atoms with Gasteiger partial charge in [0.1, 0.15) is 6.10 Å². The van der Waals surface area contributed by atoms with Crippen LogP contribution in [0.25, 0.3) is 0 Å². The highest BCUT2D eigenvalue weighted by atomic mass is 16.5. The van der Waals surface area contributed by atoms with E-state index in [-0.39, 0.29) is 22.9 Å². The topological polar surface area (TPSA) is 26.3 Å². The third kappa shape index (κ3) is 3.92. The van der Waals surface area contributed by atoms with Gasteiger partial charge in [0.15, 0.2) is 0 Å². The molecule has 0 aromatic carbocycles. The van der Waals surface area contributed by atoms with Gasteiger partial charge < -0.3 is 4.74 Å². The first kappa shape index (κ1) is 26.3. The van der Waals surface area contributed by atoms with Gasteiger partial charge in [0.25, 0.3) is 0 Å². The van der Waals surface area contributed by atoms with E-state index in [1.165, 1.54) is 64.2 Å². The number of carbonyl (C=O) groups is 1. The van der Waals surface area contributed by atoms with Crippen LogP contribution in [0.3, 0.4) is 0 Å². The summed E-state index contributed by atoms with van der Waals surface area (Å²) in [6, 6.07) is 0. The first-order valence-corrected chi connectivity index (χ1v) is 14.7. The van der Waals surface area contributed by atoms with Crippen LogP contribution in [0.15, 0.2) is 11.1 Å². The van der Waals surface area contributed by atoms with E-state index in [1.54, 1.807) is 6.92 Å². The van der Waals surface area contributed by atoms with E-state index in [0.717, 1.165) is 24.2 Å². The summed E-state index contributed by atoms with van der Waals surface area (Å²) in [6.45, 7) is 21.6. The number of ether oxygens (including phenoxy) is 1. The molecule has 4 aliphatic carbocycles. The van der Waals surface area contributed by atoms with E-state index in [1.807, 2.05) is 11.1 Å². The molecule has 34 heavy (non-hydrogen) atoms. The Morgan fingerprint density at radius 3 is 2.26 bits per heavy atom. The zero-order valence-electron chi connectivity index (χ0n) is 24.0. The molecule has 2 fully saturated rings. The molecular formula is C32H54O2. The third-order valence-corrected chi connectivity index (χ3v) is 12.2. The first-order chi connectivity index (χ1) is 15.8. The lowest BCUT2D eigenvalue weighted by Crippen LogP contribution is -2.55. The smallest absolute Gasteiger partial charge is 0.302 e. The average Bonchev–Trinajstić information content (AvgIpc) is 3.01. The SMILES string of the molecule is CC(=O)OC1CCC2(C)C3=C(CCC2C1(C)C)C1(C)CCC(C(C)CCCC(C)C)C1(C)CC3. The van der Waals surface area contributed by atoms with E-state index < -0.39 is 0 Å². The molecule has 0 saturated heterocycles. The van der Waals surface area contributed by atoms with Gasteiger partial charge in [-0.15, -0.1) is 0 Å². The summed E-state index contributed by atoms with van der Waals surface area (Å²) in [7, 11) is 0. The fourth-order valence-corrected chi connectivity index (χ4v) is 10.1. The van der Waals surface area contributed by atoms with Crippen LogP contribution in [0, 0.1) is 45.3 Å². The van der Waals surface area contributed by atoms with Crippen molar-refractivity contribution in [1.29, 1.82) is 0 Å². The van der Waals surface area contributed by atoms with Crippen LogP contribution in [0.4, 0.5) is 0 Å². The molecule has 4 rings (SSSR count). The molecular weight excluding hydrogens is 416 g/mol. The van der Waals surface area contributed by atoms with Crippen LogP contribution >= 0.6 is 0 Å². The lowest BCUT2D eigenvalue weighted by molar-refractivity contribution is -0.167. The molecule has 2 nitrogen and oxygen atoms in total. The van der Waals surface area contributed by atoms with Gasteiger partial charge in [-0.05, 0) is 91.3 Å². The molecule has 0 aromatic heterocycles. The standard InChI is InChI=1S/C32H54O2/c1-21(2)11-10-12-22(3)24-15-19-32(9)26-13-14-27-29(5,6)28(34-23(4)33)17-18-30(27,7)25(26)16-20-31(24,32)8/h21-22,24,27-28H,10-20H2,1-9H3. The van der Waals surface area contributed by atoms with Crippen LogP contribution in [0.1, 0.15) is 133 Å². The number of rotatable bonds is 6. The van der Waals surface area contributed by atoms with E-state index in [0.29, 0.717) is 16.7 Å². The summed E-state index contributed by atoms with van der Waals surface area (Å²) < 4.78 is 5.87. The van der Waals surface area contributed by atoms with Gasteiger partial charge in [-0.2, -0.15) is 0 Å². The lowest BCUT2D eigenvalue weighted by atomic mass is 9.43. The molecule has 4 aliphatic rings. The monoisotopic (exact) mass is 470 g/mol.